The lowest BCUT2D eigenvalue weighted by atomic mass is 10.1. The standard InChI is InChI=1S/C5H9NOS/c1-5(7)2-3-6-4(5)8/h7H,2-3H2,1H3,(H,6,8). The van der Waals surface area contributed by atoms with Gasteiger partial charge in [0.05, 0.1) is 0 Å². The summed E-state index contributed by atoms with van der Waals surface area (Å²) in [5.41, 5.74) is -0.727. The van der Waals surface area contributed by atoms with Gasteiger partial charge in [-0.05, 0) is 13.3 Å². The highest BCUT2D eigenvalue weighted by Gasteiger charge is 2.30. The van der Waals surface area contributed by atoms with Crippen molar-refractivity contribution in [3.8, 4) is 0 Å². The van der Waals surface area contributed by atoms with E-state index in [0.29, 0.717) is 4.99 Å². The monoisotopic (exact) mass is 131 g/mol. The molecule has 8 heavy (non-hydrogen) atoms. The molecule has 0 aromatic carbocycles. The van der Waals surface area contributed by atoms with Crippen molar-refractivity contribution in [2.75, 3.05) is 6.54 Å². The lowest BCUT2D eigenvalue weighted by Gasteiger charge is -2.12. The summed E-state index contributed by atoms with van der Waals surface area (Å²) in [4.78, 5) is 0.581. The fourth-order valence-corrected chi connectivity index (χ4v) is 0.928. The Hall–Kier alpha value is -0.150. The number of thiocarbonyl (C=S) groups is 1. The second-order valence-corrected chi connectivity index (χ2v) is 2.69. The van der Waals surface area contributed by atoms with Gasteiger partial charge >= 0.3 is 0 Å². The van der Waals surface area contributed by atoms with Crippen molar-refractivity contribution in [3.05, 3.63) is 0 Å². The van der Waals surface area contributed by atoms with E-state index in [1.54, 1.807) is 6.92 Å². The maximum atomic E-state index is 9.26. The first-order valence-corrected chi connectivity index (χ1v) is 3.04. The van der Waals surface area contributed by atoms with Crippen LogP contribution in [0.4, 0.5) is 0 Å². The molecule has 0 bridgehead atoms. The molecule has 0 radical (unpaired) electrons. The van der Waals surface area contributed by atoms with Gasteiger partial charge in [-0.25, -0.2) is 0 Å². The Bertz CT molecular complexity index is 122. The van der Waals surface area contributed by atoms with Gasteiger partial charge in [0.2, 0.25) is 0 Å². The Kier molecular flexibility index (Phi) is 1.25. The van der Waals surface area contributed by atoms with Crippen molar-refractivity contribution < 1.29 is 5.11 Å². The molecular formula is C5H9NOS. The minimum absolute atomic E-state index is 0.581. The Morgan fingerprint density at radius 2 is 2.50 bits per heavy atom. The van der Waals surface area contributed by atoms with Crippen LogP contribution in [-0.2, 0) is 0 Å². The molecule has 0 aromatic heterocycles. The van der Waals surface area contributed by atoms with Crippen molar-refractivity contribution in [2.24, 2.45) is 0 Å². The molecule has 1 heterocycles. The molecule has 3 heteroatoms. The average molecular weight is 131 g/mol. The van der Waals surface area contributed by atoms with Crippen molar-refractivity contribution >= 4 is 17.2 Å². The average Bonchev–Trinajstić information content (AvgIpc) is 1.86. The fraction of sp³-hybridized carbons (Fsp3) is 0.800. The van der Waals surface area contributed by atoms with Crippen LogP contribution in [0.15, 0.2) is 0 Å². The number of hydrogen-bond donors (Lipinski definition) is 2. The summed E-state index contributed by atoms with van der Waals surface area (Å²) in [5.74, 6) is 0. The summed E-state index contributed by atoms with van der Waals surface area (Å²) < 4.78 is 0. The SMILES string of the molecule is CC1(O)CCNC1=S. The fourth-order valence-electron chi connectivity index (χ4n) is 0.723. The van der Waals surface area contributed by atoms with Gasteiger partial charge in [0.15, 0.2) is 0 Å². The molecule has 1 saturated heterocycles. The Balaban J connectivity index is 2.68. The summed E-state index contributed by atoms with van der Waals surface area (Å²) in [6.07, 6.45) is 0.742. The van der Waals surface area contributed by atoms with Gasteiger partial charge in [-0.1, -0.05) is 12.2 Å². The maximum absolute atomic E-state index is 9.26. The first-order chi connectivity index (χ1) is 3.63. The first-order valence-electron chi connectivity index (χ1n) is 2.63. The summed E-state index contributed by atoms with van der Waals surface area (Å²) in [7, 11) is 0. The number of nitrogens with one attached hydrogen (secondary N) is 1. The highest BCUT2D eigenvalue weighted by Crippen LogP contribution is 2.14. The van der Waals surface area contributed by atoms with E-state index < -0.39 is 5.60 Å². The lowest BCUT2D eigenvalue weighted by Crippen LogP contribution is -2.32. The highest BCUT2D eigenvalue weighted by molar-refractivity contribution is 7.80. The minimum atomic E-state index is -0.727. The zero-order chi connectivity index (χ0) is 6.20. The summed E-state index contributed by atoms with van der Waals surface area (Å²) in [6.45, 7) is 2.54. The Morgan fingerprint density at radius 3 is 2.62 bits per heavy atom. The lowest BCUT2D eigenvalue weighted by molar-refractivity contribution is 0.139. The zero-order valence-electron chi connectivity index (χ0n) is 4.77. The summed E-state index contributed by atoms with van der Waals surface area (Å²) in [5, 5.41) is 12.2. The van der Waals surface area contributed by atoms with E-state index in [2.05, 4.69) is 5.32 Å². The van der Waals surface area contributed by atoms with Crippen LogP contribution in [0.5, 0.6) is 0 Å². The van der Waals surface area contributed by atoms with Crippen molar-refractivity contribution in [1.82, 2.24) is 5.32 Å². The normalized spacial score (nSPS) is 37.5. The van der Waals surface area contributed by atoms with Crippen LogP contribution in [-0.4, -0.2) is 22.2 Å². The molecule has 0 saturated carbocycles. The van der Waals surface area contributed by atoms with Crippen LogP contribution >= 0.6 is 12.2 Å². The molecule has 1 aliphatic heterocycles. The third-order valence-electron chi connectivity index (χ3n) is 1.39. The number of aliphatic hydroxyl groups is 1. The smallest absolute Gasteiger partial charge is 0.113 e. The third kappa shape index (κ3) is 0.833. The third-order valence-corrected chi connectivity index (χ3v) is 1.97. The molecular weight excluding hydrogens is 122 g/mol. The topological polar surface area (TPSA) is 32.3 Å². The Labute approximate surface area is 53.9 Å². The molecule has 46 valence electrons. The van der Waals surface area contributed by atoms with E-state index >= 15 is 0 Å². The van der Waals surface area contributed by atoms with E-state index in [4.69, 9.17) is 12.2 Å². The zero-order valence-corrected chi connectivity index (χ0v) is 5.59. The van der Waals surface area contributed by atoms with Crippen molar-refractivity contribution in [1.29, 1.82) is 0 Å². The van der Waals surface area contributed by atoms with Crippen molar-refractivity contribution in [2.45, 2.75) is 18.9 Å². The van der Waals surface area contributed by atoms with Crippen LogP contribution in [0.25, 0.3) is 0 Å². The van der Waals surface area contributed by atoms with Gasteiger partial charge in [-0.15, -0.1) is 0 Å². The van der Waals surface area contributed by atoms with E-state index in [1.165, 1.54) is 0 Å². The quantitative estimate of drug-likeness (QED) is 0.456. The minimum Gasteiger partial charge on any atom is -0.383 e. The molecule has 1 atom stereocenters. The van der Waals surface area contributed by atoms with E-state index in [1.807, 2.05) is 0 Å². The van der Waals surface area contributed by atoms with Crippen LogP contribution in [0.2, 0.25) is 0 Å². The molecule has 2 N–H and O–H groups in total. The second-order valence-electron chi connectivity index (χ2n) is 2.28. The van der Waals surface area contributed by atoms with Gasteiger partial charge in [0, 0.05) is 6.54 Å². The number of rotatable bonds is 0. The van der Waals surface area contributed by atoms with Crippen molar-refractivity contribution in [3.63, 3.8) is 0 Å². The predicted molar refractivity (Wildman–Crippen MR) is 35.8 cm³/mol. The number of hydrogen-bond acceptors (Lipinski definition) is 2. The highest BCUT2D eigenvalue weighted by atomic mass is 32.1. The van der Waals surface area contributed by atoms with Gasteiger partial charge in [0.25, 0.3) is 0 Å². The van der Waals surface area contributed by atoms with Gasteiger partial charge in [0.1, 0.15) is 10.6 Å². The summed E-state index contributed by atoms with van der Waals surface area (Å²) >= 11 is 4.79. The Morgan fingerprint density at radius 1 is 1.88 bits per heavy atom. The molecule has 1 rings (SSSR count). The van der Waals surface area contributed by atoms with E-state index in [9.17, 15) is 5.11 Å². The van der Waals surface area contributed by atoms with Crippen LogP contribution < -0.4 is 5.32 Å². The van der Waals surface area contributed by atoms with Gasteiger partial charge in [-0.3, -0.25) is 0 Å². The van der Waals surface area contributed by atoms with Gasteiger partial charge < -0.3 is 10.4 Å². The molecule has 0 aliphatic carbocycles. The van der Waals surface area contributed by atoms with Crippen LogP contribution in [0, 0.1) is 0 Å². The van der Waals surface area contributed by atoms with E-state index in [0.717, 1.165) is 13.0 Å². The second kappa shape index (κ2) is 1.67. The summed E-state index contributed by atoms with van der Waals surface area (Å²) in [6, 6.07) is 0. The molecule has 1 unspecified atom stereocenters. The molecule has 1 fully saturated rings. The van der Waals surface area contributed by atoms with Gasteiger partial charge in [-0.2, -0.15) is 0 Å². The van der Waals surface area contributed by atoms with E-state index in [-0.39, 0.29) is 0 Å². The van der Waals surface area contributed by atoms with Crippen LogP contribution in [0.1, 0.15) is 13.3 Å². The molecule has 1 aliphatic rings. The maximum Gasteiger partial charge on any atom is 0.113 e. The molecule has 0 aromatic rings. The molecule has 0 spiro atoms. The largest absolute Gasteiger partial charge is 0.383 e. The molecule has 0 amide bonds. The van der Waals surface area contributed by atoms with Crippen LogP contribution in [0.3, 0.4) is 0 Å². The predicted octanol–water partition coefficient (Wildman–Crippen LogP) is 0.0581. The first kappa shape index (κ1) is 5.98. The molecule has 2 nitrogen and oxygen atoms in total.